The van der Waals surface area contributed by atoms with Crippen LogP contribution in [0.5, 0.6) is 11.5 Å². The van der Waals surface area contributed by atoms with E-state index in [0.717, 1.165) is 11.5 Å². The lowest BCUT2D eigenvalue weighted by Crippen LogP contribution is -2.28. The van der Waals surface area contributed by atoms with Gasteiger partial charge in [0, 0.05) is 20.6 Å². The summed E-state index contributed by atoms with van der Waals surface area (Å²) < 4.78 is 12.9. The molecule has 0 amide bonds. The molecule has 0 aromatic heterocycles. The quantitative estimate of drug-likeness (QED) is 0.476. The summed E-state index contributed by atoms with van der Waals surface area (Å²) in [4.78, 5) is 0. The fraction of sp³-hybridized carbons (Fsp3) is 0.727. The number of hydrogen-bond acceptors (Lipinski definition) is 2. The second-order valence-electron chi connectivity index (χ2n) is 10.8. The van der Waals surface area contributed by atoms with Gasteiger partial charge in [0.1, 0.15) is 11.5 Å². The molecule has 26 heavy (non-hydrogen) atoms. The minimum atomic E-state index is -0.678. The lowest BCUT2D eigenvalue weighted by molar-refractivity contribution is 0.514. The maximum atomic E-state index is 6.47. The molecule has 0 fully saturated rings. The number of hydrogen-bond donors (Lipinski definition) is 0. The van der Waals surface area contributed by atoms with E-state index in [1.807, 2.05) is 18.2 Å². The van der Waals surface area contributed by atoms with Gasteiger partial charge in [0.2, 0.25) is 0 Å². The molecule has 1 aromatic rings. The molecule has 0 unspecified atom stereocenters. The first-order valence-electron chi connectivity index (χ1n) is 9.41. The first-order valence-corrected chi connectivity index (χ1v) is 11.9. The first-order chi connectivity index (χ1) is 11.4. The van der Waals surface area contributed by atoms with Crippen LogP contribution in [-0.4, -0.2) is 20.6 Å². The van der Waals surface area contributed by atoms with E-state index in [0.29, 0.717) is 0 Å². The Morgan fingerprint density at radius 2 is 0.846 bits per heavy atom. The Kier molecular flexibility index (Phi) is 7.27. The van der Waals surface area contributed by atoms with Crippen molar-refractivity contribution in [2.45, 2.75) is 104 Å². The third kappa shape index (κ3) is 7.01. The summed E-state index contributed by atoms with van der Waals surface area (Å²) in [5.74, 6) is 1.58. The van der Waals surface area contributed by atoms with Crippen molar-refractivity contribution in [1.82, 2.24) is 0 Å². The van der Waals surface area contributed by atoms with Crippen LogP contribution in [0.4, 0.5) is 0 Å². The van der Waals surface area contributed by atoms with Crippen LogP contribution in [-0.2, 0) is 0 Å². The van der Waals surface area contributed by atoms with Crippen LogP contribution in [0.2, 0.25) is 0 Å². The van der Waals surface area contributed by atoms with Crippen LogP contribution >= 0.6 is 16.3 Å². The van der Waals surface area contributed by atoms with E-state index >= 15 is 0 Å². The maximum absolute atomic E-state index is 6.47. The van der Waals surface area contributed by atoms with Crippen LogP contribution < -0.4 is 9.05 Å². The number of rotatable bonds is 4. The van der Waals surface area contributed by atoms with Crippen molar-refractivity contribution in [3.63, 3.8) is 0 Å². The summed E-state index contributed by atoms with van der Waals surface area (Å²) in [6.07, 6.45) is 0. The Morgan fingerprint density at radius 3 is 1.08 bits per heavy atom. The average molecular weight is 398 g/mol. The van der Waals surface area contributed by atoms with Gasteiger partial charge in [-0.2, -0.15) is 0 Å². The fourth-order valence-electron chi connectivity index (χ4n) is 3.29. The van der Waals surface area contributed by atoms with Gasteiger partial charge in [0.15, 0.2) is 0 Å². The van der Waals surface area contributed by atoms with Crippen LogP contribution in [0.25, 0.3) is 0 Å². The Morgan fingerprint density at radius 1 is 0.577 bits per heavy atom. The molecule has 149 valence electrons. The van der Waals surface area contributed by atoms with Crippen molar-refractivity contribution in [3.05, 3.63) is 24.3 Å². The molecule has 1 radical (unpaired) electrons. The van der Waals surface area contributed by atoms with E-state index in [1.165, 1.54) is 0 Å². The van der Waals surface area contributed by atoms with Crippen molar-refractivity contribution in [2.24, 2.45) is 0 Å². The number of benzene rings is 1. The van der Waals surface area contributed by atoms with Crippen molar-refractivity contribution in [3.8, 4) is 11.5 Å². The third-order valence-corrected chi connectivity index (χ3v) is 9.19. The molecule has 0 saturated carbocycles. The molecule has 2 nitrogen and oxygen atoms in total. The molecule has 0 spiro atoms. The highest BCUT2D eigenvalue weighted by molar-refractivity contribution is 7.56. The molecule has 0 aliphatic heterocycles. The van der Waals surface area contributed by atoms with E-state index in [9.17, 15) is 0 Å². The van der Waals surface area contributed by atoms with E-state index in [4.69, 9.17) is 9.05 Å². The molecule has 1 rings (SSSR count). The van der Waals surface area contributed by atoms with Crippen molar-refractivity contribution >= 4 is 16.3 Å². The summed E-state index contributed by atoms with van der Waals surface area (Å²) in [7, 11) is -1.36. The molecule has 0 saturated heterocycles. The van der Waals surface area contributed by atoms with E-state index in [-0.39, 0.29) is 20.6 Å². The summed E-state index contributed by atoms with van der Waals surface area (Å²) >= 11 is 0. The standard InChI is InChI=1S/C22H39O2P2/c1-19(2,3)25(20(4,5)6)23-17-14-13-15-18(16-17)24-26(21(7,8)9)22(10,11)12/h13-15H,1-12H3. The van der Waals surface area contributed by atoms with Gasteiger partial charge >= 0.3 is 0 Å². The smallest absolute Gasteiger partial charge is 0.135 e. The van der Waals surface area contributed by atoms with Gasteiger partial charge in [0.25, 0.3) is 0 Å². The van der Waals surface area contributed by atoms with Crippen molar-refractivity contribution < 1.29 is 9.05 Å². The minimum absolute atomic E-state index is 0.0989. The normalized spacial score (nSPS) is 14.1. The molecule has 4 heteroatoms. The molecule has 0 heterocycles. The van der Waals surface area contributed by atoms with Gasteiger partial charge in [-0.05, 0) is 12.1 Å². The van der Waals surface area contributed by atoms with Gasteiger partial charge in [-0.1, -0.05) is 89.2 Å². The summed E-state index contributed by atoms with van der Waals surface area (Å²) in [6, 6.07) is 9.39. The molecule has 0 bridgehead atoms. The second-order valence-corrected chi connectivity index (χ2v) is 17.7. The van der Waals surface area contributed by atoms with Gasteiger partial charge in [-0.15, -0.1) is 0 Å². The first kappa shape index (κ1) is 23.7. The van der Waals surface area contributed by atoms with Crippen LogP contribution in [0.15, 0.2) is 18.2 Å². The van der Waals surface area contributed by atoms with Crippen LogP contribution in [0.3, 0.4) is 0 Å². The zero-order valence-electron chi connectivity index (χ0n) is 18.9. The van der Waals surface area contributed by atoms with E-state index in [2.05, 4.69) is 89.2 Å². The Labute approximate surface area is 165 Å². The topological polar surface area (TPSA) is 18.5 Å². The molecule has 1 aromatic carbocycles. The molecular formula is C22H39O2P2. The van der Waals surface area contributed by atoms with Gasteiger partial charge in [-0.25, -0.2) is 0 Å². The highest BCUT2D eigenvalue weighted by Gasteiger charge is 2.39. The molecule has 0 N–H and O–H groups in total. The zero-order chi connectivity index (χ0) is 20.6. The summed E-state index contributed by atoms with van der Waals surface area (Å²) in [5.41, 5.74) is 0. The predicted molar refractivity (Wildman–Crippen MR) is 119 cm³/mol. The van der Waals surface area contributed by atoms with Gasteiger partial charge < -0.3 is 9.05 Å². The second kappa shape index (κ2) is 7.97. The lowest BCUT2D eigenvalue weighted by Gasteiger charge is -2.40. The molecule has 0 atom stereocenters. The lowest BCUT2D eigenvalue weighted by atomic mass is 10.2. The maximum Gasteiger partial charge on any atom is 0.135 e. The zero-order valence-corrected chi connectivity index (χ0v) is 20.7. The SMILES string of the molecule is CC(C)(C)P(Oc1[c]c(OP(C(C)(C)C)C(C)(C)C)ccc1)C(C)(C)C. The summed E-state index contributed by atoms with van der Waals surface area (Å²) in [6.45, 7) is 27.0. The monoisotopic (exact) mass is 397 g/mol. The van der Waals surface area contributed by atoms with Crippen LogP contribution in [0, 0.1) is 6.07 Å². The van der Waals surface area contributed by atoms with Crippen LogP contribution in [0.1, 0.15) is 83.1 Å². The Hall–Kier alpha value is -0.320. The highest BCUT2D eigenvalue weighted by atomic mass is 31.1. The van der Waals surface area contributed by atoms with Gasteiger partial charge in [0.05, 0.1) is 22.4 Å². The Bertz CT molecular complexity index is 507. The van der Waals surface area contributed by atoms with E-state index in [1.54, 1.807) is 0 Å². The predicted octanol–water partition coefficient (Wildman–Crippen LogP) is 8.23. The minimum Gasteiger partial charge on any atom is -0.472 e. The van der Waals surface area contributed by atoms with Gasteiger partial charge in [-0.3, -0.25) is 0 Å². The molecular weight excluding hydrogens is 358 g/mol. The average Bonchev–Trinajstić information content (AvgIpc) is 2.37. The fourth-order valence-corrected chi connectivity index (χ4v) is 9.02. The molecule has 0 aliphatic carbocycles. The Balaban J connectivity index is 3.11. The molecule has 0 aliphatic rings. The largest absolute Gasteiger partial charge is 0.472 e. The third-order valence-electron chi connectivity index (χ3n) is 3.56. The van der Waals surface area contributed by atoms with E-state index < -0.39 is 16.3 Å². The van der Waals surface area contributed by atoms with Crippen molar-refractivity contribution in [2.75, 3.05) is 0 Å². The summed E-state index contributed by atoms with van der Waals surface area (Å²) in [5, 5.41) is 0.396. The highest BCUT2D eigenvalue weighted by Crippen LogP contribution is 2.61. The van der Waals surface area contributed by atoms with Crippen molar-refractivity contribution in [1.29, 1.82) is 0 Å².